The van der Waals surface area contributed by atoms with Crippen molar-refractivity contribution in [2.75, 3.05) is 13.2 Å². The lowest BCUT2D eigenvalue weighted by Crippen LogP contribution is -2.38. The van der Waals surface area contributed by atoms with Crippen LogP contribution in [0.25, 0.3) is 0 Å². The molecule has 106 valence electrons. The van der Waals surface area contributed by atoms with Crippen molar-refractivity contribution in [1.29, 1.82) is 0 Å². The SMILES string of the molecule is CC(C)N(CCO)S(=O)(=O)c1ccc(C(=O)O)cc1. The van der Waals surface area contributed by atoms with Gasteiger partial charge in [-0.15, -0.1) is 0 Å². The van der Waals surface area contributed by atoms with Gasteiger partial charge < -0.3 is 10.2 Å². The Labute approximate surface area is 112 Å². The standard InChI is InChI=1S/C12H17NO5S/c1-9(2)13(7-8-14)19(17,18)11-5-3-10(4-6-11)12(15)16/h3-6,9,14H,7-8H2,1-2H3,(H,15,16). The highest BCUT2D eigenvalue weighted by atomic mass is 32.2. The predicted molar refractivity (Wildman–Crippen MR) is 69.5 cm³/mol. The number of aliphatic hydroxyl groups is 1. The maximum absolute atomic E-state index is 12.3. The van der Waals surface area contributed by atoms with Crippen molar-refractivity contribution in [3.8, 4) is 0 Å². The molecule has 1 rings (SSSR count). The van der Waals surface area contributed by atoms with Crippen LogP contribution in [0, 0.1) is 0 Å². The lowest BCUT2D eigenvalue weighted by Gasteiger charge is -2.25. The first-order valence-corrected chi connectivity index (χ1v) is 7.20. The molecule has 0 aromatic heterocycles. The van der Waals surface area contributed by atoms with Gasteiger partial charge >= 0.3 is 5.97 Å². The number of benzene rings is 1. The third-order valence-corrected chi connectivity index (χ3v) is 4.69. The van der Waals surface area contributed by atoms with Crippen LogP contribution < -0.4 is 0 Å². The molecule has 2 N–H and O–H groups in total. The van der Waals surface area contributed by atoms with E-state index in [0.29, 0.717) is 0 Å². The highest BCUT2D eigenvalue weighted by Crippen LogP contribution is 2.18. The zero-order chi connectivity index (χ0) is 14.6. The Balaban J connectivity index is 3.14. The molecular weight excluding hydrogens is 270 g/mol. The van der Waals surface area contributed by atoms with Crippen LogP contribution >= 0.6 is 0 Å². The molecule has 0 bridgehead atoms. The van der Waals surface area contributed by atoms with Crippen LogP contribution in [0.4, 0.5) is 0 Å². The molecule has 0 unspecified atom stereocenters. The summed E-state index contributed by atoms with van der Waals surface area (Å²) < 4.78 is 25.8. The first-order valence-electron chi connectivity index (χ1n) is 5.76. The van der Waals surface area contributed by atoms with Gasteiger partial charge in [0.2, 0.25) is 10.0 Å². The molecule has 0 atom stereocenters. The van der Waals surface area contributed by atoms with Crippen LogP contribution in [0.2, 0.25) is 0 Å². The maximum Gasteiger partial charge on any atom is 0.335 e. The summed E-state index contributed by atoms with van der Waals surface area (Å²) in [5.41, 5.74) is 0.0252. The third-order valence-electron chi connectivity index (χ3n) is 2.60. The molecule has 0 amide bonds. The van der Waals surface area contributed by atoms with Crippen molar-refractivity contribution in [3.63, 3.8) is 0 Å². The number of aromatic carboxylic acids is 1. The van der Waals surface area contributed by atoms with Crippen molar-refractivity contribution < 1.29 is 23.4 Å². The lowest BCUT2D eigenvalue weighted by molar-refractivity contribution is 0.0696. The number of carbonyl (C=O) groups is 1. The zero-order valence-electron chi connectivity index (χ0n) is 10.8. The van der Waals surface area contributed by atoms with Gasteiger partial charge in [0.25, 0.3) is 0 Å². The highest BCUT2D eigenvalue weighted by Gasteiger charge is 2.26. The van der Waals surface area contributed by atoms with E-state index >= 15 is 0 Å². The van der Waals surface area contributed by atoms with E-state index in [2.05, 4.69) is 0 Å². The summed E-state index contributed by atoms with van der Waals surface area (Å²) in [4.78, 5) is 10.7. The summed E-state index contributed by atoms with van der Waals surface area (Å²) in [6.45, 7) is 3.14. The van der Waals surface area contributed by atoms with E-state index in [9.17, 15) is 13.2 Å². The molecule has 0 aliphatic carbocycles. The average molecular weight is 287 g/mol. The molecule has 0 spiro atoms. The van der Waals surface area contributed by atoms with Gasteiger partial charge in [0, 0.05) is 12.6 Å². The largest absolute Gasteiger partial charge is 0.478 e. The van der Waals surface area contributed by atoms with Crippen molar-refractivity contribution >= 4 is 16.0 Å². The minimum Gasteiger partial charge on any atom is -0.478 e. The van der Waals surface area contributed by atoms with Crippen LogP contribution in [-0.2, 0) is 10.0 Å². The van der Waals surface area contributed by atoms with Crippen molar-refractivity contribution in [2.24, 2.45) is 0 Å². The number of carboxylic acid groups (broad SMARTS) is 1. The van der Waals surface area contributed by atoms with Gasteiger partial charge in [0.15, 0.2) is 0 Å². The fourth-order valence-electron chi connectivity index (χ4n) is 1.66. The summed E-state index contributed by atoms with van der Waals surface area (Å²) in [7, 11) is -3.72. The lowest BCUT2D eigenvalue weighted by atomic mass is 10.2. The first-order chi connectivity index (χ1) is 8.80. The molecule has 0 aliphatic heterocycles. The monoisotopic (exact) mass is 287 g/mol. The normalized spacial score (nSPS) is 12.1. The van der Waals surface area contributed by atoms with Gasteiger partial charge in [-0.2, -0.15) is 4.31 Å². The van der Waals surface area contributed by atoms with Crippen LogP contribution in [-0.4, -0.2) is 48.1 Å². The number of sulfonamides is 1. The van der Waals surface area contributed by atoms with Crippen LogP contribution in [0.3, 0.4) is 0 Å². The van der Waals surface area contributed by atoms with Crippen LogP contribution in [0.5, 0.6) is 0 Å². The number of hydrogen-bond donors (Lipinski definition) is 2. The molecule has 0 radical (unpaired) electrons. The minimum absolute atomic E-state index is 0.000677. The molecule has 0 heterocycles. The van der Waals surface area contributed by atoms with Gasteiger partial charge in [-0.1, -0.05) is 0 Å². The summed E-state index contributed by atoms with van der Waals surface area (Å²) in [5.74, 6) is -1.11. The van der Waals surface area contributed by atoms with Crippen LogP contribution in [0.15, 0.2) is 29.2 Å². The fourth-order valence-corrected chi connectivity index (χ4v) is 3.29. The van der Waals surface area contributed by atoms with E-state index in [1.165, 1.54) is 28.6 Å². The molecular formula is C12H17NO5S. The van der Waals surface area contributed by atoms with Gasteiger partial charge in [0.1, 0.15) is 0 Å². The second kappa shape index (κ2) is 6.14. The number of rotatable bonds is 6. The van der Waals surface area contributed by atoms with E-state index in [-0.39, 0.29) is 29.7 Å². The minimum atomic E-state index is -3.72. The van der Waals surface area contributed by atoms with Crippen molar-refractivity contribution in [1.82, 2.24) is 4.31 Å². The molecule has 7 heteroatoms. The van der Waals surface area contributed by atoms with Gasteiger partial charge in [0.05, 0.1) is 17.1 Å². The summed E-state index contributed by atoms with van der Waals surface area (Å²) in [6, 6.07) is 4.70. The van der Waals surface area contributed by atoms with Crippen molar-refractivity contribution in [3.05, 3.63) is 29.8 Å². The van der Waals surface area contributed by atoms with E-state index in [4.69, 9.17) is 10.2 Å². The number of carboxylic acids is 1. The molecule has 0 saturated heterocycles. The Hall–Kier alpha value is -1.44. The Bertz CT molecular complexity index is 536. The summed E-state index contributed by atoms with van der Waals surface area (Å²) in [6.07, 6.45) is 0. The molecule has 1 aromatic carbocycles. The molecule has 0 aliphatic rings. The summed E-state index contributed by atoms with van der Waals surface area (Å²) in [5, 5.41) is 17.7. The number of hydrogen-bond acceptors (Lipinski definition) is 4. The van der Waals surface area contributed by atoms with E-state index in [1.807, 2.05) is 0 Å². The first kappa shape index (κ1) is 15.6. The molecule has 6 nitrogen and oxygen atoms in total. The maximum atomic E-state index is 12.3. The quantitative estimate of drug-likeness (QED) is 0.806. The van der Waals surface area contributed by atoms with Gasteiger partial charge in [-0.05, 0) is 38.1 Å². The van der Waals surface area contributed by atoms with Crippen LogP contribution in [0.1, 0.15) is 24.2 Å². The van der Waals surface area contributed by atoms with E-state index in [0.717, 1.165) is 0 Å². The van der Waals surface area contributed by atoms with Gasteiger partial charge in [-0.3, -0.25) is 0 Å². The predicted octanol–water partition coefficient (Wildman–Crippen LogP) is 0.776. The Kier molecular flexibility index (Phi) is 5.04. The molecule has 0 fully saturated rings. The Morgan fingerprint density at radius 2 is 1.79 bits per heavy atom. The molecule has 19 heavy (non-hydrogen) atoms. The molecule has 0 saturated carbocycles. The Morgan fingerprint density at radius 3 is 2.16 bits per heavy atom. The Morgan fingerprint density at radius 1 is 1.26 bits per heavy atom. The smallest absolute Gasteiger partial charge is 0.335 e. The zero-order valence-corrected chi connectivity index (χ0v) is 11.6. The highest BCUT2D eigenvalue weighted by molar-refractivity contribution is 7.89. The fraction of sp³-hybridized carbons (Fsp3) is 0.417. The van der Waals surface area contributed by atoms with E-state index < -0.39 is 16.0 Å². The van der Waals surface area contributed by atoms with E-state index in [1.54, 1.807) is 13.8 Å². The second-order valence-electron chi connectivity index (χ2n) is 4.26. The topological polar surface area (TPSA) is 94.9 Å². The number of nitrogens with zero attached hydrogens (tertiary/aromatic N) is 1. The number of aliphatic hydroxyl groups excluding tert-OH is 1. The molecule has 1 aromatic rings. The van der Waals surface area contributed by atoms with Crippen molar-refractivity contribution in [2.45, 2.75) is 24.8 Å². The average Bonchev–Trinajstić information content (AvgIpc) is 2.35. The second-order valence-corrected chi connectivity index (χ2v) is 6.15. The third kappa shape index (κ3) is 3.52. The summed E-state index contributed by atoms with van der Waals surface area (Å²) >= 11 is 0. The van der Waals surface area contributed by atoms with Gasteiger partial charge in [-0.25, -0.2) is 13.2 Å².